The van der Waals surface area contributed by atoms with E-state index in [1.54, 1.807) is 80.9 Å². The van der Waals surface area contributed by atoms with E-state index < -0.39 is 132 Å². The van der Waals surface area contributed by atoms with Crippen molar-refractivity contribution in [3.63, 3.8) is 0 Å². The lowest BCUT2D eigenvalue weighted by molar-refractivity contribution is -0.282. The molecule has 2 N–H and O–H groups in total. The molecule has 0 bridgehead atoms. The number of H-pyrrole nitrogens is 1. The van der Waals surface area contributed by atoms with Crippen molar-refractivity contribution in [2.24, 2.45) is 0 Å². The zero-order chi connectivity index (χ0) is 52.2. The van der Waals surface area contributed by atoms with Crippen molar-refractivity contribution in [1.29, 1.82) is 0 Å². The van der Waals surface area contributed by atoms with Crippen LogP contribution in [0, 0.1) is 0 Å². The Morgan fingerprint density at radius 2 is 1.01 bits per heavy atom. The molecular weight excluding hydrogens is 979 g/mol. The summed E-state index contributed by atoms with van der Waals surface area (Å²) in [4.78, 5) is 95.7. The van der Waals surface area contributed by atoms with Gasteiger partial charge in [-0.25, -0.2) is 28.8 Å². The second kappa shape index (κ2) is 24.3. The summed E-state index contributed by atoms with van der Waals surface area (Å²) in [5, 5.41) is 0. The van der Waals surface area contributed by atoms with Gasteiger partial charge in [0.05, 0.1) is 41.1 Å². The highest BCUT2D eigenvalue weighted by molar-refractivity contribution is 7.85. The number of hydrogen-bond donors (Lipinski definition) is 2. The standard InChI is InChI=1S/C50H51N3O19S/c1-29(2)65-39-36(67-43(41(39)66-30(3)4)53-26-25-37(54)51-49(53)59)28-64-73(61,62)52-50(60)72-48-42(71-47(58)34-23-15-8-16-24-34)40(70-46(57)33-21-13-7-14-22-33)38(69-45(56)32-19-11-6-12-20-32)35(68-48)27-63-44(55)31-17-9-5-10-18-31/h5-26,29-30,35-36,38-43,48H,27-28H2,1-4H3,(H,52,60)(H,51,54,59)/t35-,36-,38-,39-,40+,41-,42-,43-,48-/m1/s1. The van der Waals surface area contributed by atoms with E-state index in [0.717, 1.165) is 10.6 Å². The van der Waals surface area contributed by atoms with E-state index in [0.29, 0.717) is 0 Å². The maximum Gasteiger partial charge on any atom is 0.425 e. The quantitative estimate of drug-likeness (QED) is 0.0863. The third kappa shape index (κ3) is 14.1. The van der Waals surface area contributed by atoms with Crippen molar-refractivity contribution in [3.8, 4) is 0 Å². The van der Waals surface area contributed by atoms with Gasteiger partial charge in [0.1, 0.15) is 31.0 Å². The fraction of sp³-hybridized carbons (Fsp3) is 0.340. The second-order valence-electron chi connectivity index (χ2n) is 16.8. The summed E-state index contributed by atoms with van der Waals surface area (Å²) in [5.74, 6) is -4.00. The zero-order valence-corrected chi connectivity index (χ0v) is 40.4. The van der Waals surface area contributed by atoms with Crippen LogP contribution in [0.2, 0.25) is 0 Å². The molecule has 1 aromatic heterocycles. The van der Waals surface area contributed by atoms with Gasteiger partial charge in [0.2, 0.25) is 12.4 Å². The Hall–Kier alpha value is -7.54. The molecule has 0 spiro atoms. The molecule has 4 aromatic carbocycles. The van der Waals surface area contributed by atoms with Crippen molar-refractivity contribution in [2.45, 2.75) is 95.1 Å². The lowest BCUT2D eigenvalue weighted by Gasteiger charge is -2.43. The monoisotopic (exact) mass is 1030 g/mol. The first-order valence-corrected chi connectivity index (χ1v) is 24.2. The maximum atomic E-state index is 14.0. The second-order valence-corrected chi connectivity index (χ2v) is 18.2. The number of nitrogens with zero attached hydrogens (tertiary/aromatic N) is 1. The van der Waals surface area contributed by atoms with E-state index in [4.69, 9.17) is 46.8 Å². The minimum Gasteiger partial charge on any atom is -0.459 e. The Morgan fingerprint density at radius 3 is 1.51 bits per heavy atom. The smallest absolute Gasteiger partial charge is 0.425 e. The van der Waals surface area contributed by atoms with Crippen LogP contribution in [0.1, 0.15) is 75.4 Å². The Morgan fingerprint density at radius 1 is 0.562 bits per heavy atom. The third-order valence-corrected chi connectivity index (χ3v) is 11.7. The van der Waals surface area contributed by atoms with Crippen molar-refractivity contribution in [2.75, 3.05) is 13.2 Å². The number of carbonyl (C=O) groups excluding carboxylic acids is 5. The summed E-state index contributed by atoms with van der Waals surface area (Å²) < 4.78 is 88.4. The average molecular weight is 1030 g/mol. The van der Waals surface area contributed by atoms with Crippen molar-refractivity contribution in [1.82, 2.24) is 14.3 Å². The number of hydrogen-bond acceptors (Lipinski definition) is 19. The average Bonchev–Trinajstić information content (AvgIpc) is 3.69. The molecule has 386 valence electrons. The van der Waals surface area contributed by atoms with Crippen molar-refractivity contribution < 1.29 is 79.2 Å². The van der Waals surface area contributed by atoms with Crippen LogP contribution in [0.5, 0.6) is 0 Å². The molecule has 0 unspecified atom stereocenters. The van der Waals surface area contributed by atoms with Crippen LogP contribution in [-0.2, 0) is 57.1 Å². The van der Waals surface area contributed by atoms with Crippen LogP contribution in [0.15, 0.2) is 143 Å². The van der Waals surface area contributed by atoms with Gasteiger partial charge in [-0.3, -0.25) is 18.5 Å². The van der Waals surface area contributed by atoms with Gasteiger partial charge in [0, 0.05) is 12.3 Å². The van der Waals surface area contributed by atoms with Crippen molar-refractivity contribution >= 4 is 40.3 Å². The first-order chi connectivity index (χ1) is 35.0. The topological polar surface area (TPSA) is 279 Å². The number of amides is 1. The minimum absolute atomic E-state index is 0.0188. The molecule has 73 heavy (non-hydrogen) atoms. The van der Waals surface area contributed by atoms with E-state index >= 15 is 0 Å². The molecule has 22 nitrogen and oxygen atoms in total. The molecule has 1 amide bonds. The molecule has 2 fully saturated rings. The molecule has 0 radical (unpaired) electrons. The van der Waals surface area contributed by atoms with E-state index in [2.05, 4.69) is 4.98 Å². The Balaban J connectivity index is 1.20. The number of benzene rings is 4. The van der Waals surface area contributed by atoms with Crippen LogP contribution >= 0.6 is 0 Å². The molecule has 2 saturated heterocycles. The lowest BCUT2D eigenvalue weighted by Crippen LogP contribution is -2.63. The predicted octanol–water partition coefficient (Wildman–Crippen LogP) is 4.27. The Kier molecular flexibility index (Phi) is 17.7. The highest BCUT2D eigenvalue weighted by Gasteiger charge is 2.55. The molecule has 5 aromatic rings. The zero-order valence-electron chi connectivity index (χ0n) is 39.6. The lowest BCUT2D eigenvalue weighted by atomic mass is 9.97. The normalized spacial score (nSPS) is 22.7. The van der Waals surface area contributed by atoms with Gasteiger partial charge >= 0.3 is 46.0 Å². The molecule has 3 heterocycles. The summed E-state index contributed by atoms with van der Waals surface area (Å²) >= 11 is 0. The summed E-state index contributed by atoms with van der Waals surface area (Å²) in [6, 6.07) is 31.3. The van der Waals surface area contributed by atoms with Crippen LogP contribution in [-0.4, -0.2) is 122 Å². The number of carbonyl (C=O) groups is 5. The number of ether oxygens (including phenoxy) is 9. The fourth-order valence-corrected chi connectivity index (χ4v) is 8.30. The van der Waals surface area contributed by atoms with E-state index in [9.17, 15) is 42.0 Å². The minimum atomic E-state index is -5.19. The number of aromatic amines is 1. The van der Waals surface area contributed by atoms with Gasteiger partial charge in [0.15, 0.2) is 18.4 Å². The molecule has 2 aliphatic heterocycles. The third-order valence-electron chi connectivity index (χ3n) is 10.8. The SMILES string of the molecule is CC(C)O[C@@H]1[C@H](OC(C)C)[C@@H](COS(=O)(=O)NC(=O)O[C@H]2O[C@H](COC(=O)c3ccccc3)[C@@H](OC(=O)c3ccccc3)[C@H](OC(=O)c3ccccc3)[C@H]2OC(=O)c2ccccc2)O[C@H]1n1ccc(=O)[nH]c1=O. The Bertz CT molecular complexity index is 2920. The maximum absolute atomic E-state index is 14.0. The number of esters is 4. The van der Waals surface area contributed by atoms with Crippen molar-refractivity contribution in [3.05, 3.63) is 177 Å². The van der Waals surface area contributed by atoms with Crippen LogP contribution < -0.4 is 16.0 Å². The van der Waals surface area contributed by atoms with Gasteiger partial charge in [-0.05, 0) is 76.2 Å². The first-order valence-electron chi connectivity index (χ1n) is 22.8. The largest absolute Gasteiger partial charge is 0.459 e. The summed E-state index contributed by atoms with van der Waals surface area (Å²) in [6.07, 6.45) is -16.0. The van der Waals surface area contributed by atoms with E-state index in [1.165, 1.54) is 79.0 Å². The first kappa shape index (κ1) is 53.3. The van der Waals surface area contributed by atoms with E-state index in [1.807, 2.05) is 0 Å². The summed E-state index contributed by atoms with van der Waals surface area (Å²) in [7, 11) is -5.19. The molecular formula is C50H51N3O19S. The van der Waals surface area contributed by atoms with Crippen LogP contribution in [0.25, 0.3) is 0 Å². The molecule has 23 heteroatoms. The van der Waals surface area contributed by atoms with Gasteiger partial charge in [-0.2, -0.15) is 13.1 Å². The van der Waals surface area contributed by atoms with E-state index in [-0.39, 0.29) is 22.3 Å². The van der Waals surface area contributed by atoms with Gasteiger partial charge < -0.3 is 42.6 Å². The predicted molar refractivity (Wildman–Crippen MR) is 252 cm³/mol. The summed E-state index contributed by atoms with van der Waals surface area (Å²) in [5.41, 5.74) is -1.49. The Labute approximate surface area is 417 Å². The molecule has 0 aliphatic carbocycles. The number of aromatic nitrogens is 2. The highest BCUT2D eigenvalue weighted by Crippen LogP contribution is 2.35. The molecule has 9 atom stereocenters. The van der Waals surface area contributed by atoms with Crippen LogP contribution in [0.3, 0.4) is 0 Å². The molecule has 7 rings (SSSR count). The van der Waals surface area contributed by atoms with Gasteiger partial charge in [-0.15, -0.1) is 0 Å². The highest BCUT2D eigenvalue weighted by atomic mass is 32.2. The summed E-state index contributed by atoms with van der Waals surface area (Å²) in [6.45, 7) is 5.17. The fourth-order valence-electron chi connectivity index (χ4n) is 7.67. The van der Waals surface area contributed by atoms with Gasteiger partial charge in [-0.1, -0.05) is 72.8 Å². The molecule has 2 aliphatic rings. The number of rotatable bonds is 19. The van der Waals surface area contributed by atoms with Crippen LogP contribution in [0.4, 0.5) is 4.79 Å². The number of nitrogens with one attached hydrogen (secondary N) is 2. The van der Waals surface area contributed by atoms with Gasteiger partial charge in [0.25, 0.3) is 5.56 Å². The molecule has 0 saturated carbocycles.